The summed E-state index contributed by atoms with van der Waals surface area (Å²) in [4.78, 5) is 23.2. The number of hydrogen-bond acceptors (Lipinski definition) is 5. The van der Waals surface area contributed by atoms with Gasteiger partial charge in [-0.2, -0.15) is 0 Å². The summed E-state index contributed by atoms with van der Waals surface area (Å²) < 4.78 is 7.42. The zero-order chi connectivity index (χ0) is 17.6. The van der Waals surface area contributed by atoms with Crippen LogP contribution in [0.1, 0.15) is 30.8 Å². The largest absolute Gasteiger partial charge is 0.378 e. The standard InChI is InChI=1S/C18H25N5O2/c1-14(23-7-6-19-15(23)2)12-17(24)21-13-16-4-3-5-20-18(16)22-8-10-25-11-9-22/h3-7,14H,8-13H2,1-2H3,(H,21,24). The van der Waals surface area contributed by atoms with E-state index < -0.39 is 0 Å². The molecule has 0 radical (unpaired) electrons. The third-order valence-electron chi connectivity index (χ3n) is 4.47. The van der Waals surface area contributed by atoms with Crippen LogP contribution in [0.3, 0.4) is 0 Å². The highest BCUT2D eigenvalue weighted by Crippen LogP contribution is 2.18. The van der Waals surface area contributed by atoms with Crippen LogP contribution in [-0.2, 0) is 16.1 Å². The molecule has 0 bridgehead atoms. The van der Waals surface area contributed by atoms with E-state index in [1.807, 2.05) is 36.7 Å². The lowest BCUT2D eigenvalue weighted by Gasteiger charge is -2.29. The van der Waals surface area contributed by atoms with Gasteiger partial charge in [0, 0.05) is 56.3 Å². The van der Waals surface area contributed by atoms with E-state index in [4.69, 9.17) is 4.74 Å². The topological polar surface area (TPSA) is 72.3 Å². The fourth-order valence-corrected chi connectivity index (χ4v) is 3.11. The van der Waals surface area contributed by atoms with Gasteiger partial charge in [0.2, 0.25) is 5.91 Å². The first kappa shape index (κ1) is 17.4. The predicted molar refractivity (Wildman–Crippen MR) is 95.4 cm³/mol. The Kier molecular flexibility index (Phi) is 5.65. The van der Waals surface area contributed by atoms with E-state index in [-0.39, 0.29) is 11.9 Å². The summed E-state index contributed by atoms with van der Waals surface area (Å²) in [6.45, 7) is 7.53. The molecule has 2 aromatic rings. The minimum absolute atomic E-state index is 0.0254. The normalized spacial score (nSPS) is 15.8. The van der Waals surface area contributed by atoms with E-state index >= 15 is 0 Å². The van der Waals surface area contributed by atoms with Crippen molar-refractivity contribution in [2.45, 2.75) is 32.9 Å². The molecule has 0 aromatic carbocycles. The SMILES string of the molecule is Cc1nccn1C(C)CC(=O)NCc1cccnc1N1CCOCC1. The number of aromatic nitrogens is 3. The maximum absolute atomic E-state index is 12.3. The summed E-state index contributed by atoms with van der Waals surface area (Å²) in [5, 5.41) is 3.02. The predicted octanol–water partition coefficient (Wildman–Crippen LogP) is 1.69. The zero-order valence-electron chi connectivity index (χ0n) is 14.8. The van der Waals surface area contributed by atoms with Gasteiger partial charge < -0.3 is 19.5 Å². The molecule has 1 amide bonds. The van der Waals surface area contributed by atoms with Gasteiger partial charge in [0.1, 0.15) is 11.6 Å². The first-order valence-corrected chi connectivity index (χ1v) is 8.68. The van der Waals surface area contributed by atoms with Gasteiger partial charge in [0.25, 0.3) is 0 Å². The van der Waals surface area contributed by atoms with Crippen LogP contribution in [0.2, 0.25) is 0 Å². The highest BCUT2D eigenvalue weighted by Gasteiger charge is 2.17. The second-order valence-electron chi connectivity index (χ2n) is 6.30. The molecular weight excluding hydrogens is 318 g/mol. The molecule has 3 heterocycles. The highest BCUT2D eigenvalue weighted by molar-refractivity contribution is 5.76. The monoisotopic (exact) mass is 343 g/mol. The average molecular weight is 343 g/mol. The quantitative estimate of drug-likeness (QED) is 0.864. The van der Waals surface area contributed by atoms with Crippen molar-refractivity contribution in [1.82, 2.24) is 19.9 Å². The van der Waals surface area contributed by atoms with Crippen molar-refractivity contribution in [3.05, 3.63) is 42.1 Å². The number of morpholine rings is 1. The Labute approximate surface area is 148 Å². The molecule has 25 heavy (non-hydrogen) atoms. The molecule has 1 N–H and O–H groups in total. The number of carbonyl (C=O) groups is 1. The summed E-state index contributed by atoms with van der Waals surface area (Å²) in [5.74, 6) is 1.88. The summed E-state index contributed by atoms with van der Waals surface area (Å²) in [6.07, 6.45) is 5.88. The second kappa shape index (κ2) is 8.11. The maximum Gasteiger partial charge on any atom is 0.222 e. The lowest BCUT2D eigenvalue weighted by Crippen LogP contribution is -2.38. The number of amides is 1. The molecule has 3 rings (SSSR count). The van der Waals surface area contributed by atoms with Crippen LogP contribution in [0.5, 0.6) is 0 Å². The summed E-state index contributed by atoms with van der Waals surface area (Å²) in [7, 11) is 0. The van der Waals surface area contributed by atoms with Crippen LogP contribution in [0.15, 0.2) is 30.7 Å². The molecule has 1 fully saturated rings. The van der Waals surface area contributed by atoms with E-state index in [0.717, 1.165) is 30.3 Å². The van der Waals surface area contributed by atoms with E-state index in [9.17, 15) is 4.79 Å². The molecule has 1 unspecified atom stereocenters. The molecule has 0 aliphatic carbocycles. The van der Waals surface area contributed by atoms with Crippen molar-refractivity contribution in [2.75, 3.05) is 31.2 Å². The van der Waals surface area contributed by atoms with Gasteiger partial charge in [-0.05, 0) is 19.9 Å². The fourth-order valence-electron chi connectivity index (χ4n) is 3.11. The third kappa shape index (κ3) is 4.36. The Hall–Kier alpha value is -2.41. The van der Waals surface area contributed by atoms with Gasteiger partial charge in [0.05, 0.1) is 13.2 Å². The number of ether oxygens (including phenoxy) is 1. The average Bonchev–Trinajstić information content (AvgIpc) is 3.07. The van der Waals surface area contributed by atoms with Crippen LogP contribution in [0.25, 0.3) is 0 Å². The lowest BCUT2D eigenvalue weighted by molar-refractivity contribution is -0.121. The molecule has 7 nitrogen and oxygen atoms in total. The zero-order valence-corrected chi connectivity index (χ0v) is 14.8. The van der Waals surface area contributed by atoms with Crippen LogP contribution < -0.4 is 10.2 Å². The molecule has 0 spiro atoms. The summed E-state index contributed by atoms with van der Waals surface area (Å²) >= 11 is 0. The van der Waals surface area contributed by atoms with Crippen LogP contribution in [-0.4, -0.2) is 46.7 Å². The molecule has 1 aliphatic heterocycles. The van der Waals surface area contributed by atoms with Crippen molar-refractivity contribution in [3.63, 3.8) is 0 Å². The van der Waals surface area contributed by atoms with Crippen molar-refractivity contribution in [2.24, 2.45) is 0 Å². The fraction of sp³-hybridized carbons (Fsp3) is 0.500. The number of aryl methyl sites for hydroxylation is 1. The number of anilines is 1. The molecular formula is C18H25N5O2. The minimum Gasteiger partial charge on any atom is -0.378 e. The summed E-state index contributed by atoms with van der Waals surface area (Å²) in [5.41, 5.74) is 1.03. The van der Waals surface area contributed by atoms with E-state index in [1.54, 1.807) is 12.4 Å². The number of nitrogens with zero attached hydrogens (tertiary/aromatic N) is 4. The molecule has 0 saturated carbocycles. The number of rotatable bonds is 6. The Morgan fingerprint density at radius 3 is 2.84 bits per heavy atom. The third-order valence-corrected chi connectivity index (χ3v) is 4.47. The molecule has 134 valence electrons. The number of carbonyl (C=O) groups excluding carboxylic acids is 1. The number of hydrogen-bond donors (Lipinski definition) is 1. The molecule has 1 saturated heterocycles. The van der Waals surface area contributed by atoms with Gasteiger partial charge in [-0.15, -0.1) is 0 Å². The molecule has 2 aromatic heterocycles. The van der Waals surface area contributed by atoms with Gasteiger partial charge in [-0.3, -0.25) is 4.79 Å². The first-order chi connectivity index (χ1) is 12.1. The van der Waals surface area contributed by atoms with Gasteiger partial charge in [-0.25, -0.2) is 9.97 Å². The first-order valence-electron chi connectivity index (χ1n) is 8.68. The van der Waals surface area contributed by atoms with Crippen LogP contribution in [0, 0.1) is 6.92 Å². The van der Waals surface area contributed by atoms with Crippen molar-refractivity contribution in [1.29, 1.82) is 0 Å². The molecule has 1 aliphatic rings. The maximum atomic E-state index is 12.3. The number of nitrogens with one attached hydrogen (secondary N) is 1. The Morgan fingerprint density at radius 1 is 1.32 bits per heavy atom. The van der Waals surface area contributed by atoms with E-state index in [0.29, 0.717) is 26.2 Å². The highest BCUT2D eigenvalue weighted by atomic mass is 16.5. The molecule has 1 atom stereocenters. The Morgan fingerprint density at radius 2 is 2.12 bits per heavy atom. The number of imidazole rings is 1. The van der Waals surface area contributed by atoms with E-state index in [2.05, 4.69) is 20.2 Å². The Balaban J connectivity index is 1.58. The Bertz CT molecular complexity index is 709. The van der Waals surface area contributed by atoms with Crippen LogP contribution in [0.4, 0.5) is 5.82 Å². The number of pyridine rings is 1. The van der Waals surface area contributed by atoms with Gasteiger partial charge >= 0.3 is 0 Å². The minimum atomic E-state index is 0.0254. The second-order valence-corrected chi connectivity index (χ2v) is 6.30. The van der Waals surface area contributed by atoms with Crippen molar-refractivity contribution >= 4 is 11.7 Å². The lowest BCUT2D eigenvalue weighted by atomic mass is 10.2. The smallest absolute Gasteiger partial charge is 0.222 e. The van der Waals surface area contributed by atoms with Crippen molar-refractivity contribution < 1.29 is 9.53 Å². The van der Waals surface area contributed by atoms with Crippen LogP contribution >= 0.6 is 0 Å². The van der Waals surface area contributed by atoms with Gasteiger partial charge in [-0.1, -0.05) is 6.07 Å². The van der Waals surface area contributed by atoms with E-state index in [1.165, 1.54) is 0 Å². The van der Waals surface area contributed by atoms with Gasteiger partial charge in [0.15, 0.2) is 0 Å². The summed E-state index contributed by atoms with van der Waals surface area (Å²) in [6, 6.07) is 4.00. The van der Waals surface area contributed by atoms with Crippen molar-refractivity contribution in [3.8, 4) is 0 Å². The molecule has 7 heteroatoms.